The van der Waals surface area contributed by atoms with Crippen LogP contribution in [0.4, 0.5) is 0 Å². The second kappa shape index (κ2) is 17.7. The molecule has 0 aromatic carbocycles. The quantitative estimate of drug-likeness (QED) is 0.189. The Morgan fingerprint density at radius 3 is 1.96 bits per heavy atom. The minimum atomic E-state index is 0.550. The van der Waals surface area contributed by atoms with Crippen LogP contribution in [0.5, 0.6) is 0 Å². The molecule has 0 amide bonds. The third kappa shape index (κ3) is 17.5. The molecular weight excluding hydrogens is 336 g/mol. The first kappa shape index (κ1) is 25.3. The molecule has 0 spiro atoms. The van der Waals surface area contributed by atoms with Crippen LogP contribution in [0.15, 0.2) is 33.5 Å². The van der Waals surface area contributed by atoms with Crippen molar-refractivity contribution in [3.8, 4) is 0 Å². The van der Waals surface area contributed by atoms with Crippen LogP contribution < -0.4 is 21.3 Å². The van der Waals surface area contributed by atoms with E-state index in [1.807, 2.05) is 12.4 Å². The van der Waals surface area contributed by atoms with E-state index in [2.05, 4.69) is 58.9 Å². The van der Waals surface area contributed by atoms with E-state index in [1.165, 1.54) is 24.0 Å². The smallest absolute Gasteiger partial charge is 0.0859 e. The standard InChI is InChI=1S/C21H42N6/c1-18(7-10-24-11-8-19(2)14-25-16-22-5)13-21(4)27-12-9-20(3)15-26-17-23-6/h14-18,21,24,27H,7-13H2,1-6H3,(H,22,25)(H,23,26)/b19-14+,20-15+. The molecule has 6 nitrogen and oxygen atoms in total. The van der Waals surface area contributed by atoms with Gasteiger partial charge < -0.3 is 21.3 Å². The van der Waals surface area contributed by atoms with Gasteiger partial charge in [0, 0.05) is 32.5 Å². The van der Waals surface area contributed by atoms with Gasteiger partial charge >= 0.3 is 0 Å². The van der Waals surface area contributed by atoms with Crippen LogP contribution in [0, 0.1) is 5.92 Å². The zero-order valence-corrected chi connectivity index (χ0v) is 18.3. The van der Waals surface area contributed by atoms with Gasteiger partial charge in [0.05, 0.1) is 12.7 Å². The largest absolute Gasteiger partial charge is 0.353 e. The Morgan fingerprint density at radius 2 is 1.41 bits per heavy atom. The van der Waals surface area contributed by atoms with E-state index >= 15 is 0 Å². The number of nitrogens with zero attached hydrogens (tertiary/aromatic N) is 2. The van der Waals surface area contributed by atoms with Crippen LogP contribution >= 0.6 is 0 Å². The van der Waals surface area contributed by atoms with Crippen molar-refractivity contribution in [2.24, 2.45) is 15.9 Å². The van der Waals surface area contributed by atoms with Crippen molar-refractivity contribution in [2.75, 3.05) is 33.7 Å². The number of aliphatic imine (C=N–C) groups is 2. The van der Waals surface area contributed by atoms with E-state index in [4.69, 9.17) is 0 Å². The average Bonchev–Trinajstić information content (AvgIpc) is 2.61. The van der Waals surface area contributed by atoms with E-state index in [1.54, 1.807) is 26.8 Å². The van der Waals surface area contributed by atoms with E-state index in [-0.39, 0.29) is 0 Å². The molecule has 0 saturated heterocycles. The first-order valence-electron chi connectivity index (χ1n) is 10.1. The molecule has 0 aromatic heterocycles. The Hall–Kier alpha value is -1.66. The van der Waals surface area contributed by atoms with Crippen molar-refractivity contribution >= 4 is 12.7 Å². The Balaban J connectivity index is 3.72. The summed E-state index contributed by atoms with van der Waals surface area (Å²) in [4.78, 5) is 7.79. The van der Waals surface area contributed by atoms with E-state index < -0.39 is 0 Å². The summed E-state index contributed by atoms with van der Waals surface area (Å²) in [6, 6.07) is 0.550. The van der Waals surface area contributed by atoms with Crippen molar-refractivity contribution in [2.45, 2.75) is 59.4 Å². The molecule has 0 heterocycles. The lowest BCUT2D eigenvalue weighted by atomic mass is 9.99. The number of hydrogen-bond donors (Lipinski definition) is 4. The molecule has 0 aliphatic carbocycles. The summed E-state index contributed by atoms with van der Waals surface area (Å²) in [5.41, 5.74) is 2.66. The number of nitrogens with one attached hydrogen (secondary N) is 4. The summed E-state index contributed by atoms with van der Waals surface area (Å²) in [5, 5.41) is 13.3. The van der Waals surface area contributed by atoms with Gasteiger partial charge in [0.2, 0.25) is 0 Å². The SMILES string of the molecule is CN=CN/C=C(\C)CCNCCC(C)CC(C)NCC/C(C)=C/NC=NC. The van der Waals surface area contributed by atoms with E-state index in [0.29, 0.717) is 6.04 Å². The summed E-state index contributed by atoms with van der Waals surface area (Å²) in [7, 11) is 3.52. The van der Waals surface area contributed by atoms with Crippen LogP contribution in [0.1, 0.15) is 53.4 Å². The van der Waals surface area contributed by atoms with Gasteiger partial charge in [0.25, 0.3) is 0 Å². The van der Waals surface area contributed by atoms with E-state index in [0.717, 1.165) is 38.4 Å². The zero-order valence-electron chi connectivity index (χ0n) is 18.3. The molecule has 6 heteroatoms. The molecule has 0 aromatic rings. The van der Waals surface area contributed by atoms with Crippen molar-refractivity contribution < 1.29 is 0 Å². The maximum Gasteiger partial charge on any atom is 0.0859 e. The van der Waals surface area contributed by atoms with Crippen LogP contribution in [0.2, 0.25) is 0 Å². The third-order valence-corrected chi connectivity index (χ3v) is 4.34. The second-order valence-corrected chi connectivity index (χ2v) is 7.32. The Labute approximate surface area is 167 Å². The summed E-state index contributed by atoms with van der Waals surface area (Å²) in [6.45, 7) is 12.0. The van der Waals surface area contributed by atoms with Gasteiger partial charge in [-0.25, -0.2) is 0 Å². The molecule has 0 bridgehead atoms. The highest BCUT2D eigenvalue weighted by molar-refractivity contribution is 5.55. The normalized spacial score (nSPS) is 15.5. The maximum absolute atomic E-state index is 3.90. The molecule has 0 fully saturated rings. The predicted octanol–water partition coefficient (Wildman–Crippen LogP) is 3.05. The fourth-order valence-corrected chi connectivity index (χ4v) is 2.73. The molecule has 0 radical (unpaired) electrons. The molecule has 0 aliphatic heterocycles. The molecule has 0 aliphatic rings. The lowest BCUT2D eigenvalue weighted by Gasteiger charge is -2.19. The average molecular weight is 379 g/mol. The van der Waals surface area contributed by atoms with Gasteiger partial charge in [-0.15, -0.1) is 0 Å². The lowest BCUT2D eigenvalue weighted by Crippen LogP contribution is -2.30. The van der Waals surface area contributed by atoms with Gasteiger partial charge in [-0.05, 0) is 72.0 Å². The fraction of sp³-hybridized carbons (Fsp3) is 0.714. The summed E-state index contributed by atoms with van der Waals surface area (Å²) < 4.78 is 0. The predicted molar refractivity (Wildman–Crippen MR) is 121 cm³/mol. The van der Waals surface area contributed by atoms with Crippen molar-refractivity contribution in [1.29, 1.82) is 0 Å². The van der Waals surface area contributed by atoms with Gasteiger partial charge in [-0.2, -0.15) is 0 Å². The summed E-state index contributed by atoms with van der Waals surface area (Å²) in [6.07, 6.45) is 12.0. The molecule has 4 N–H and O–H groups in total. The van der Waals surface area contributed by atoms with Crippen LogP contribution in [-0.2, 0) is 0 Å². The molecule has 0 saturated carbocycles. The van der Waals surface area contributed by atoms with Crippen molar-refractivity contribution in [3.63, 3.8) is 0 Å². The Kier molecular flexibility index (Phi) is 16.6. The Morgan fingerprint density at radius 1 is 0.852 bits per heavy atom. The zero-order chi connectivity index (χ0) is 20.3. The topological polar surface area (TPSA) is 72.8 Å². The molecule has 0 rings (SSSR count). The molecule has 156 valence electrons. The van der Waals surface area contributed by atoms with Crippen molar-refractivity contribution in [3.05, 3.63) is 23.5 Å². The van der Waals surface area contributed by atoms with Gasteiger partial charge in [-0.1, -0.05) is 18.1 Å². The highest BCUT2D eigenvalue weighted by Gasteiger charge is 2.08. The fourth-order valence-electron chi connectivity index (χ4n) is 2.73. The van der Waals surface area contributed by atoms with E-state index in [9.17, 15) is 0 Å². The van der Waals surface area contributed by atoms with Crippen LogP contribution in [0.25, 0.3) is 0 Å². The first-order chi connectivity index (χ1) is 13.0. The lowest BCUT2D eigenvalue weighted by molar-refractivity contribution is 0.397. The highest BCUT2D eigenvalue weighted by atomic mass is 14.9. The van der Waals surface area contributed by atoms with Gasteiger partial charge in [-0.3, -0.25) is 9.98 Å². The van der Waals surface area contributed by atoms with Crippen LogP contribution in [0.3, 0.4) is 0 Å². The summed E-state index contributed by atoms with van der Waals surface area (Å²) in [5.74, 6) is 0.721. The Bertz CT molecular complexity index is 467. The third-order valence-electron chi connectivity index (χ3n) is 4.34. The first-order valence-corrected chi connectivity index (χ1v) is 10.1. The summed E-state index contributed by atoms with van der Waals surface area (Å²) >= 11 is 0. The number of rotatable bonds is 16. The van der Waals surface area contributed by atoms with Gasteiger partial charge in [0.15, 0.2) is 0 Å². The highest BCUT2D eigenvalue weighted by Crippen LogP contribution is 2.10. The monoisotopic (exact) mass is 378 g/mol. The molecule has 2 unspecified atom stereocenters. The molecule has 27 heavy (non-hydrogen) atoms. The maximum atomic E-state index is 3.90. The van der Waals surface area contributed by atoms with Crippen LogP contribution in [-0.4, -0.2) is 52.4 Å². The number of hydrogen-bond acceptors (Lipinski definition) is 4. The molecular formula is C21H42N6. The minimum absolute atomic E-state index is 0.550. The second-order valence-electron chi connectivity index (χ2n) is 7.32. The van der Waals surface area contributed by atoms with Gasteiger partial charge in [0.1, 0.15) is 0 Å². The minimum Gasteiger partial charge on any atom is -0.353 e. The van der Waals surface area contributed by atoms with Crippen molar-refractivity contribution in [1.82, 2.24) is 21.3 Å². The molecule has 2 atom stereocenters.